The molecule has 0 bridgehead atoms. The van der Waals surface area contributed by atoms with Crippen molar-refractivity contribution in [1.82, 2.24) is 5.32 Å². The van der Waals surface area contributed by atoms with Crippen LogP contribution in [0.4, 0.5) is 4.79 Å². The van der Waals surface area contributed by atoms with Gasteiger partial charge in [-0.3, -0.25) is 0 Å². The lowest BCUT2D eigenvalue weighted by atomic mass is 9.93. The van der Waals surface area contributed by atoms with Gasteiger partial charge in [-0.05, 0) is 38.5 Å². The normalized spacial score (nSPS) is 31.3. The Labute approximate surface area is 96.9 Å². The molecule has 2 aliphatic carbocycles. The third kappa shape index (κ3) is 3.11. The number of rotatable bonds is 2. The van der Waals surface area contributed by atoms with Crippen molar-refractivity contribution in [3.8, 4) is 0 Å². The first-order valence-corrected chi connectivity index (χ1v) is 6.48. The molecule has 2 rings (SSSR count). The van der Waals surface area contributed by atoms with Crippen molar-refractivity contribution in [3.63, 3.8) is 0 Å². The lowest BCUT2D eigenvalue weighted by Crippen LogP contribution is -2.44. The first kappa shape index (κ1) is 11.7. The summed E-state index contributed by atoms with van der Waals surface area (Å²) in [5.74, 6) is 0. The molecule has 0 saturated heterocycles. The molecule has 0 aromatic heterocycles. The molecule has 16 heavy (non-hydrogen) atoms. The molecule has 0 aromatic carbocycles. The van der Waals surface area contributed by atoms with E-state index in [0.717, 1.165) is 38.5 Å². The zero-order valence-corrected chi connectivity index (χ0v) is 9.78. The minimum absolute atomic E-state index is 0.0228. The first-order chi connectivity index (χ1) is 7.75. The van der Waals surface area contributed by atoms with Crippen molar-refractivity contribution < 1.29 is 9.53 Å². The predicted molar refractivity (Wildman–Crippen MR) is 62.1 cm³/mol. The van der Waals surface area contributed by atoms with E-state index in [0.29, 0.717) is 6.04 Å². The fourth-order valence-electron chi connectivity index (χ4n) is 2.34. The summed E-state index contributed by atoms with van der Waals surface area (Å²) in [6, 6.07) is 0.365. The maximum Gasteiger partial charge on any atom is 0.407 e. The quantitative estimate of drug-likeness (QED) is 0.707. The van der Waals surface area contributed by atoms with Crippen LogP contribution >= 0.6 is 0 Å². The van der Waals surface area contributed by atoms with Gasteiger partial charge < -0.3 is 15.8 Å². The van der Waals surface area contributed by atoms with Crippen LogP contribution in [0.5, 0.6) is 0 Å². The Balaban J connectivity index is 1.74. The largest absolute Gasteiger partial charge is 0.445 e. The third-order valence-corrected chi connectivity index (χ3v) is 3.69. The molecule has 0 aliphatic heterocycles. The van der Waals surface area contributed by atoms with E-state index in [4.69, 9.17) is 10.5 Å². The van der Waals surface area contributed by atoms with Gasteiger partial charge in [0.2, 0.25) is 0 Å². The van der Waals surface area contributed by atoms with Gasteiger partial charge in [0.1, 0.15) is 6.10 Å². The Kier molecular flexibility index (Phi) is 4.04. The van der Waals surface area contributed by atoms with Gasteiger partial charge in [-0.1, -0.05) is 12.8 Å². The molecule has 4 heteroatoms. The fraction of sp³-hybridized carbons (Fsp3) is 0.917. The first-order valence-electron chi connectivity index (χ1n) is 6.48. The van der Waals surface area contributed by atoms with Crippen LogP contribution in [0.2, 0.25) is 0 Å². The number of amides is 1. The SMILES string of the molecule is NC1CCCCCC1OC(=O)NC1CCC1. The van der Waals surface area contributed by atoms with Crippen molar-refractivity contribution >= 4 is 6.09 Å². The lowest BCUT2D eigenvalue weighted by Gasteiger charge is -2.28. The van der Waals surface area contributed by atoms with Crippen molar-refractivity contribution in [2.24, 2.45) is 5.73 Å². The van der Waals surface area contributed by atoms with Crippen molar-refractivity contribution in [3.05, 3.63) is 0 Å². The Bertz CT molecular complexity index is 241. The van der Waals surface area contributed by atoms with Crippen LogP contribution in [-0.4, -0.2) is 24.3 Å². The summed E-state index contributed by atoms with van der Waals surface area (Å²) in [4.78, 5) is 11.6. The van der Waals surface area contributed by atoms with E-state index in [1.54, 1.807) is 0 Å². The topological polar surface area (TPSA) is 64.3 Å². The van der Waals surface area contributed by atoms with Crippen molar-refractivity contribution in [1.29, 1.82) is 0 Å². The monoisotopic (exact) mass is 226 g/mol. The molecule has 2 saturated carbocycles. The van der Waals surface area contributed by atoms with E-state index in [-0.39, 0.29) is 18.2 Å². The second kappa shape index (κ2) is 5.53. The summed E-state index contributed by atoms with van der Waals surface area (Å²) in [5, 5.41) is 2.89. The van der Waals surface area contributed by atoms with Crippen LogP contribution in [-0.2, 0) is 4.74 Å². The summed E-state index contributed by atoms with van der Waals surface area (Å²) in [6.07, 6.45) is 8.42. The zero-order chi connectivity index (χ0) is 11.4. The molecular weight excluding hydrogens is 204 g/mol. The minimum Gasteiger partial charge on any atom is -0.445 e. The Morgan fingerprint density at radius 2 is 1.81 bits per heavy atom. The van der Waals surface area contributed by atoms with Gasteiger partial charge in [-0.25, -0.2) is 4.79 Å². The van der Waals surface area contributed by atoms with Gasteiger partial charge in [0.05, 0.1) is 0 Å². The number of hydrogen-bond donors (Lipinski definition) is 2. The number of alkyl carbamates (subject to hydrolysis) is 1. The van der Waals surface area contributed by atoms with E-state index in [1.807, 2.05) is 0 Å². The number of nitrogens with one attached hydrogen (secondary N) is 1. The molecule has 0 aromatic rings. The average molecular weight is 226 g/mol. The minimum atomic E-state index is -0.271. The highest BCUT2D eigenvalue weighted by atomic mass is 16.6. The smallest absolute Gasteiger partial charge is 0.407 e. The summed E-state index contributed by atoms with van der Waals surface area (Å²) in [5.41, 5.74) is 6.00. The lowest BCUT2D eigenvalue weighted by molar-refractivity contribution is 0.0727. The van der Waals surface area contributed by atoms with Crippen LogP contribution in [0.15, 0.2) is 0 Å². The van der Waals surface area contributed by atoms with Gasteiger partial charge in [0.15, 0.2) is 0 Å². The number of carbonyl (C=O) groups excluding carboxylic acids is 1. The van der Waals surface area contributed by atoms with Gasteiger partial charge in [0.25, 0.3) is 0 Å². The van der Waals surface area contributed by atoms with Gasteiger partial charge >= 0.3 is 6.09 Å². The van der Waals surface area contributed by atoms with E-state index in [2.05, 4.69) is 5.32 Å². The molecule has 2 atom stereocenters. The van der Waals surface area contributed by atoms with E-state index in [1.165, 1.54) is 12.8 Å². The maximum atomic E-state index is 11.6. The number of nitrogens with two attached hydrogens (primary N) is 1. The van der Waals surface area contributed by atoms with Crippen molar-refractivity contribution in [2.45, 2.75) is 69.6 Å². The molecule has 2 fully saturated rings. The predicted octanol–water partition coefficient (Wildman–Crippen LogP) is 1.93. The Hall–Kier alpha value is -0.770. The average Bonchev–Trinajstić information content (AvgIpc) is 2.39. The standard InChI is InChI=1S/C12H22N2O2/c13-10-7-2-1-3-8-11(10)16-12(15)14-9-5-4-6-9/h9-11H,1-8,13H2,(H,14,15). The molecular formula is C12H22N2O2. The molecule has 2 aliphatic rings. The highest BCUT2D eigenvalue weighted by molar-refractivity contribution is 5.68. The zero-order valence-electron chi connectivity index (χ0n) is 9.78. The Morgan fingerprint density at radius 3 is 2.50 bits per heavy atom. The second-order valence-electron chi connectivity index (χ2n) is 5.02. The highest BCUT2D eigenvalue weighted by Gasteiger charge is 2.26. The molecule has 0 heterocycles. The van der Waals surface area contributed by atoms with Crippen molar-refractivity contribution in [2.75, 3.05) is 0 Å². The Morgan fingerprint density at radius 1 is 1.06 bits per heavy atom. The van der Waals surface area contributed by atoms with E-state index in [9.17, 15) is 4.79 Å². The van der Waals surface area contributed by atoms with Gasteiger partial charge in [-0.2, -0.15) is 0 Å². The van der Waals surface area contributed by atoms with Gasteiger partial charge in [0, 0.05) is 12.1 Å². The molecule has 4 nitrogen and oxygen atoms in total. The second-order valence-corrected chi connectivity index (χ2v) is 5.02. The molecule has 3 N–H and O–H groups in total. The summed E-state index contributed by atoms with van der Waals surface area (Å²) in [6.45, 7) is 0. The summed E-state index contributed by atoms with van der Waals surface area (Å²) >= 11 is 0. The molecule has 1 amide bonds. The maximum absolute atomic E-state index is 11.6. The highest BCUT2D eigenvalue weighted by Crippen LogP contribution is 2.21. The molecule has 92 valence electrons. The van der Waals surface area contributed by atoms with E-state index < -0.39 is 0 Å². The van der Waals surface area contributed by atoms with Crippen LogP contribution < -0.4 is 11.1 Å². The molecule has 0 spiro atoms. The van der Waals surface area contributed by atoms with Gasteiger partial charge in [-0.15, -0.1) is 0 Å². The number of ether oxygens (including phenoxy) is 1. The number of carbonyl (C=O) groups is 1. The summed E-state index contributed by atoms with van der Waals surface area (Å²) in [7, 11) is 0. The fourth-order valence-corrected chi connectivity index (χ4v) is 2.34. The van der Waals surface area contributed by atoms with E-state index >= 15 is 0 Å². The van der Waals surface area contributed by atoms with Crippen LogP contribution in [0.1, 0.15) is 51.4 Å². The van der Waals surface area contributed by atoms with Crippen LogP contribution in [0.3, 0.4) is 0 Å². The molecule has 0 radical (unpaired) electrons. The molecule has 2 unspecified atom stereocenters. The summed E-state index contributed by atoms with van der Waals surface area (Å²) < 4.78 is 5.41. The van der Waals surface area contributed by atoms with Crippen LogP contribution in [0.25, 0.3) is 0 Å². The third-order valence-electron chi connectivity index (χ3n) is 3.69. The number of hydrogen-bond acceptors (Lipinski definition) is 3. The van der Waals surface area contributed by atoms with Crippen LogP contribution in [0, 0.1) is 0 Å².